The van der Waals surface area contributed by atoms with Crippen LogP contribution in [-0.2, 0) is 0 Å². The topological polar surface area (TPSA) is 22.1 Å². The largest absolute Gasteiger partial charge is 0.494 e. The molecule has 0 aromatic carbocycles. The first-order valence-corrected chi connectivity index (χ1v) is 3.31. The van der Waals surface area contributed by atoms with Crippen molar-refractivity contribution in [3.05, 3.63) is 23.0 Å². The Morgan fingerprint density at radius 1 is 1.64 bits per heavy atom. The summed E-state index contributed by atoms with van der Waals surface area (Å²) in [5.74, 6) is 2.95. The predicted octanol–water partition coefficient (Wildman–Crippen LogP) is 1.72. The van der Waals surface area contributed by atoms with Gasteiger partial charge in [-0.2, -0.15) is 0 Å². The normalized spacial score (nSPS) is 8.82. The molecule has 0 fully saturated rings. The predicted molar refractivity (Wildman–Crippen MR) is 43.7 cm³/mol. The number of nitrogens with zero attached hydrogens (tertiary/aromatic N) is 1. The highest BCUT2D eigenvalue weighted by Crippen LogP contribution is 2.22. The summed E-state index contributed by atoms with van der Waals surface area (Å²) < 4.78 is 4.93. The molecule has 0 saturated carbocycles. The molecule has 0 amide bonds. The molecule has 0 N–H and O–H groups in total. The van der Waals surface area contributed by atoms with Crippen LogP contribution in [-0.4, -0.2) is 12.1 Å². The first kappa shape index (κ1) is 7.90. The summed E-state index contributed by atoms with van der Waals surface area (Å²) >= 11 is 5.72. The second-order valence-corrected chi connectivity index (χ2v) is 2.25. The zero-order chi connectivity index (χ0) is 8.27. The van der Waals surface area contributed by atoms with Crippen molar-refractivity contribution < 1.29 is 4.74 Å². The third kappa shape index (κ3) is 1.44. The van der Waals surface area contributed by atoms with E-state index in [2.05, 4.69) is 10.9 Å². The Morgan fingerprint density at radius 2 is 2.36 bits per heavy atom. The fourth-order valence-corrected chi connectivity index (χ4v) is 0.916. The fraction of sp³-hybridized carbons (Fsp3) is 0.125. The number of aromatic nitrogens is 1. The van der Waals surface area contributed by atoms with Crippen LogP contribution in [0, 0.1) is 12.3 Å². The molecule has 0 spiro atoms. The van der Waals surface area contributed by atoms with E-state index in [0.29, 0.717) is 16.3 Å². The van der Waals surface area contributed by atoms with E-state index in [0.717, 1.165) is 0 Å². The second kappa shape index (κ2) is 3.27. The number of rotatable bonds is 1. The fourth-order valence-electron chi connectivity index (χ4n) is 0.712. The van der Waals surface area contributed by atoms with Gasteiger partial charge in [0.15, 0.2) is 5.75 Å². The highest BCUT2D eigenvalue weighted by atomic mass is 35.5. The van der Waals surface area contributed by atoms with E-state index in [1.54, 1.807) is 0 Å². The van der Waals surface area contributed by atoms with Gasteiger partial charge in [-0.1, -0.05) is 17.5 Å². The van der Waals surface area contributed by atoms with Crippen molar-refractivity contribution in [2.75, 3.05) is 7.11 Å². The lowest BCUT2D eigenvalue weighted by Gasteiger charge is -2.02. The average molecular weight is 168 g/mol. The maximum atomic E-state index is 5.72. The number of terminal acetylenes is 1. The van der Waals surface area contributed by atoms with Crippen molar-refractivity contribution in [1.82, 2.24) is 4.98 Å². The Labute approximate surface area is 70.2 Å². The molecule has 0 aliphatic heterocycles. The number of hydrogen-bond donors (Lipinski definition) is 0. The van der Waals surface area contributed by atoms with Gasteiger partial charge in [-0.15, -0.1) is 6.42 Å². The van der Waals surface area contributed by atoms with E-state index in [4.69, 9.17) is 22.8 Å². The molecule has 0 aliphatic carbocycles. The molecular formula is C8H6ClNO. The van der Waals surface area contributed by atoms with Gasteiger partial charge in [-0.25, -0.2) is 0 Å². The van der Waals surface area contributed by atoms with Crippen LogP contribution in [0.3, 0.4) is 0 Å². The highest BCUT2D eigenvalue weighted by molar-refractivity contribution is 6.31. The summed E-state index contributed by atoms with van der Waals surface area (Å²) in [6.07, 6.45) is 8.20. The van der Waals surface area contributed by atoms with Crippen LogP contribution in [0.5, 0.6) is 5.75 Å². The lowest BCUT2D eigenvalue weighted by Crippen LogP contribution is -1.89. The number of hydrogen-bond acceptors (Lipinski definition) is 2. The van der Waals surface area contributed by atoms with Crippen molar-refractivity contribution in [3.63, 3.8) is 0 Å². The second-order valence-electron chi connectivity index (χ2n) is 1.84. The summed E-state index contributed by atoms with van der Waals surface area (Å²) in [6, 6.07) is 0. The monoisotopic (exact) mass is 167 g/mol. The summed E-state index contributed by atoms with van der Waals surface area (Å²) in [5, 5.41) is 0.437. The van der Waals surface area contributed by atoms with Crippen LogP contribution >= 0.6 is 11.6 Å². The molecule has 2 nitrogen and oxygen atoms in total. The van der Waals surface area contributed by atoms with Crippen molar-refractivity contribution in [2.24, 2.45) is 0 Å². The zero-order valence-electron chi connectivity index (χ0n) is 5.97. The van der Waals surface area contributed by atoms with E-state index in [-0.39, 0.29) is 0 Å². The minimum absolute atomic E-state index is 0.437. The maximum Gasteiger partial charge on any atom is 0.154 e. The van der Waals surface area contributed by atoms with E-state index in [9.17, 15) is 0 Å². The van der Waals surface area contributed by atoms with Gasteiger partial charge in [0.2, 0.25) is 0 Å². The van der Waals surface area contributed by atoms with Crippen molar-refractivity contribution in [2.45, 2.75) is 0 Å². The van der Waals surface area contributed by atoms with Gasteiger partial charge in [-0.3, -0.25) is 4.98 Å². The molecule has 3 heteroatoms. The molecule has 1 heterocycles. The third-order valence-electron chi connectivity index (χ3n) is 1.23. The Balaban J connectivity index is 3.27. The smallest absolute Gasteiger partial charge is 0.154 e. The lowest BCUT2D eigenvalue weighted by molar-refractivity contribution is 0.411. The van der Waals surface area contributed by atoms with Gasteiger partial charge < -0.3 is 4.74 Å². The summed E-state index contributed by atoms with van der Waals surface area (Å²) in [5.41, 5.74) is 0.546. The minimum Gasteiger partial charge on any atom is -0.494 e. The number of methoxy groups -OCH3 is 1. The molecule has 1 rings (SSSR count). The molecule has 0 radical (unpaired) electrons. The van der Waals surface area contributed by atoms with Crippen LogP contribution in [0.25, 0.3) is 0 Å². The van der Waals surface area contributed by atoms with E-state index < -0.39 is 0 Å². The van der Waals surface area contributed by atoms with E-state index in [1.807, 2.05) is 0 Å². The Morgan fingerprint density at radius 3 is 2.82 bits per heavy atom. The number of ether oxygens (including phenoxy) is 1. The van der Waals surface area contributed by atoms with Crippen molar-refractivity contribution in [3.8, 4) is 18.1 Å². The van der Waals surface area contributed by atoms with E-state index in [1.165, 1.54) is 19.5 Å². The third-order valence-corrected chi connectivity index (χ3v) is 1.52. The van der Waals surface area contributed by atoms with E-state index >= 15 is 0 Å². The Bertz CT molecular complexity index is 303. The zero-order valence-corrected chi connectivity index (χ0v) is 6.72. The molecule has 0 saturated heterocycles. The Kier molecular flexibility index (Phi) is 2.35. The van der Waals surface area contributed by atoms with Gasteiger partial charge in [0.05, 0.1) is 23.9 Å². The molecule has 0 atom stereocenters. The molecule has 1 aromatic heterocycles. The standard InChI is InChI=1S/C8H6ClNO/c1-3-6-7(9)4-10-5-8(6)11-2/h1,4-5H,2H3. The molecule has 56 valence electrons. The van der Waals surface area contributed by atoms with Crippen LogP contribution in [0.4, 0.5) is 0 Å². The van der Waals surface area contributed by atoms with Gasteiger partial charge >= 0.3 is 0 Å². The SMILES string of the molecule is C#Cc1c(Cl)cncc1OC. The molecule has 1 aromatic rings. The average Bonchev–Trinajstić information content (AvgIpc) is 2.04. The molecular weight excluding hydrogens is 162 g/mol. The van der Waals surface area contributed by atoms with Crippen LogP contribution < -0.4 is 4.74 Å². The first-order chi connectivity index (χ1) is 5.29. The number of pyridine rings is 1. The summed E-state index contributed by atoms with van der Waals surface area (Å²) in [4.78, 5) is 3.81. The van der Waals surface area contributed by atoms with Crippen LogP contribution in [0.2, 0.25) is 5.02 Å². The first-order valence-electron chi connectivity index (χ1n) is 2.93. The quantitative estimate of drug-likeness (QED) is 0.595. The van der Waals surface area contributed by atoms with Gasteiger partial charge in [0, 0.05) is 6.20 Å². The molecule has 0 aliphatic rings. The van der Waals surface area contributed by atoms with Crippen LogP contribution in [0.1, 0.15) is 5.56 Å². The van der Waals surface area contributed by atoms with Crippen molar-refractivity contribution in [1.29, 1.82) is 0 Å². The van der Waals surface area contributed by atoms with Crippen molar-refractivity contribution >= 4 is 11.6 Å². The van der Waals surface area contributed by atoms with Gasteiger partial charge in [-0.05, 0) is 0 Å². The maximum absolute atomic E-state index is 5.72. The lowest BCUT2D eigenvalue weighted by atomic mass is 10.2. The number of halogens is 1. The summed E-state index contributed by atoms with van der Waals surface area (Å²) in [6.45, 7) is 0. The summed E-state index contributed by atoms with van der Waals surface area (Å²) in [7, 11) is 1.52. The molecule has 0 bridgehead atoms. The highest BCUT2D eigenvalue weighted by Gasteiger charge is 2.03. The molecule has 0 unspecified atom stereocenters. The van der Waals surface area contributed by atoms with Gasteiger partial charge in [0.1, 0.15) is 0 Å². The van der Waals surface area contributed by atoms with Gasteiger partial charge in [0.25, 0.3) is 0 Å². The Hall–Kier alpha value is -1.20. The van der Waals surface area contributed by atoms with Crippen LogP contribution in [0.15, 0.2) is 12.4 Å². The molecule has 11 heavy (non-hydrogen) atoms. The minimum atomic E-state index is 0.437.